The minimum Gasteiger partial charge on any atom is -0.488 e. The standard InChI is InChI=1S/C24H29NO2.C4H4O4/c1-24(2)17-27-23-21(24)11-6-12-22(23)26-14-13-25-16-18-7-5-10-20(15-18)19-8-3-4-9-19;5-3(6)1-2-4(7)8/h5-8,10-12,15,25H,3-4,9,13-14,16-17H2,1-2H3;1-2H,(H,5,6)(H,7,8)/b;2-1+. The lowest BCUT2D eigenvalue weighted by Crippen LogP contribution is -2.20. The van der Waals surface area contributed by atoms with Crippen molar-refractivity contribution < 1.29 is 29.3 Å². The van der Waals surface area contributed by atoms with Gasteiger partial charge in [-0.2, -0.15) is 0 Å². The summed E-state index contributed by atoms with van der Waals surface area (Å²) in [4.78, 5) is 19.1. The van der Waals surface area contributed by atoms with Gasteiger partial charge in [-0.1, -0.05) is 56.3 Å². The minimum absolute atomic E-state index is 0.0622. The quantitative estimate of drug-likeness (QED) is 0.350. The Hall–Kier alpha value is -3.58. The maximum absolute atomic E-state index is 9.55. The summed E-state index contributed by atoms with van der Waals surface area (Å²) in [6, 6.07) is 15.1. The Morgan fingerprint density at radius 2 is 1.86 bits per heavy atom. The van der Waals surface area contributed by atoms with Crippen LogP contribution in [0.15, 0.2) is 60.7 Å². The van der Waals surface area contributed by atoms with E-state index in [4.69, 9.17) is 19.7 Å². The number of hydrogen-bond donors (Lipinski definition) is 3. The van der Waals surface area contributed by atoms with Gasteiger partial charge in [0.05, 0.1) is 6.61 Å². The zero-order valence-electron chi connectivity index (χ0n) is 20.3. The van der Waals surface area contributed by atoms with E-state index >= 15 is 0 Å². The number of aliphatic carboxylic acids is 2. The molecule has 2 aliphatic rings. The Labute approximate surface area is 206 Å². The monoisotopic (exact) mass is 479 g/mol. The fraction of sp³-hybridized carbons (Fsp3) is 0.357. The third kappa shape index (κ3) is 7.72. The molecule has 4 rings (SSSR count). The number of allylic oxidation sites excluding steroid dienone is 2. The zero-order chi connectivity index (χ0) is 25.3. The van der Waals surface area contributed by atoms with Crippen LogP contribution >= 0.6 is 0 Å². The second-order valence-corrected chi connectivity index (χ2v) is 9.16. The van der Waals surface area contributed by atoms with Crippen LogP contribution in [0.25, 0.3) is 5.57 Å². The van der Waals surface area contributed by atoms with Crippen LogP contribution in [0.1, 0.15) is 49.8 Å². The maximum atomic E-state index is 9.55. The van der Waals surface area contributed by atoms with Crippen LogP contribution in [0.5, 0.6) is 11.5 Å². The summed E-state index contributed by atoms with van der Waals surface area (Å²) in [6.07, 6.45) is 7.22. The molecule has 2 aromatic carbocycles. The van der Waals surface area contributed by atoms with E-state index in [0.29, 0.717) is 25.4 Å². The number of carbonyl (C=O) groups is 2. The molecular weight excluding hydrogens is 446 g/mol. The topological polar surface area (TPSA) is 105 Å². The molecule has 0 bridgehead atoms. The van der Waals surface area contributed by atoms with Crippen molar-refractivity contribution in [1.29, 1.82) is 0 Å². The highest BCUT2D eigenvalue weighted by Gasteiger charge is 2.33. The molecule has 0 fully saturated rings. The van der Waals surface area contributed by atoms with Gasteiger partial charge in [0.1, 0.15) is 6.61 Å². The average Bonchev–Trinajstić information content (AvgIpc) is 3.47. The first-order chi connectivity index (χ1) is 16.8. The molecule has 0 saturated heterocycles. The van der Waals surface area contributed by atoms with E-state index in [1.807, 2.05) is 6.07 Å². The van der Waals surface area contributed by atoms with Gasteiger partial charge >= 0.3 is 11.9 Å². The molecule has 7 heteroatoms. The second-order valence-electron chi connectivity index (χ2n) is 9.16. The summed E-state index contributed by atoms with van der Waals surface area (Å²) in [5.74, 6) is -0.741. The number of carboxylic acid groups (broad SMARTS) is 2. The molecule has 0 atom stereocenters. The number of carboxylic acids is 2. The fourth-order valence-electron chi connectivity index (χ4n) is 4.06. The SMILES string of the molecule is CC1(C)COc2c(OCCNCc3cccc(C4=CCCC4)c3)cccc21.O=C(O)/C=C/C(=O)O. The molecule has 1 heterocycles. The number of para-hydroxylation sites is 1. The van der Waals surface area contributed by atoms with Gasteiger partial charge in [0.25, 0.3) is 0 Å². The van der Waals surface area contributed by atoms with Crippen LogP contribution in [0.2, 0.25) is 0 Å². The summed E-state index contributed by atoms with van der Waals surface area (Å²) in [6.45, 7) is 7.43. The van der Waals surface area contributed by atoms with Gasteiger partial charge < -0.3 is 25.0 Å². The van der Waals surface area contributed by atoms with Gasteiger partial charge in [-0.3, -0.25) is 0 Å². The van der Waals surface area contributed by atoms with Crippen molar-refractivity contribution in [3.63, 3.8) is 0 Å². The van der Waals surface area contributed by atoms with E-state index in [1.165, 1.54) is 41.5 Å². The van der Waals surface area contributed by atoms with Crippen molar-refractivity contribution in [3.8, 4) is 11.5 Å². The Balaban J connectivity index is 0.000000371. The molecule has 0 saturated carbocycles. The van der Waals surface area contributed by atoms with E-state index in [2.05, 4.69) is 61.6 Å². The maximum Gasteiger partial charge on any atom is 0.328 e. The van der Waals surface area contributed by atoms with Gasteiger partial charge in [0.15, 0.2) is 11.5 Å². The fourth-order valence-corrected chi connectivity index (χ4v) is 4.06. The summed E-state index contributed by atoms with van der Waals surface area (Å²) in [5, 5.41) is 19.1. The molecule has 0 amide bonds. The molecule has 7 nitrogen and oxygen atoms in total. The van der Waals surface area contributed by atoms with Gasteiger partial charge in [-0.15, -0.1) is 0 Å². The van der Waals surface area contributed by atoms with Crippen LogP contribution in [0, 0.1) is 0 Å². The third-order valence-corrected chi connectivity index (χ3v) is 5.86. The first kappa shape index (κ1) is 26.0. The lowest BCUT2D eigenvalue weighted by atomic mass is 9.87. The minimum atomic E-state index is -1.26. The Morgan fingerprint density at radius 1 is 1.11 bits per heavy atom. The molecular formula is C28H33NO6. The van der Waals surface area contributed by atoms with Crippen LogP contribution in [-0.4, -0.2) is 41.9 Å². The number of rotatable bonds is 9. The second kappa shape index (κ2) is 12.2. The van der Waals surface area contributed by atoms with Gasteiger partial charge in [0.2, 0.25) is 0 Å². The molecule has 186 valence electrons. The van der Waals surface area contributed by atoms with E-state index in [-0.39, 0.29) is 5.41 Å². The number of hydrogen-bond acceptors (Lipinski definition) is 5. The Morgan fingerprint density at radius 3 is 2.54 bits per heavy atom. The van der Waals surface area contributed by atoms with E-state index in [9.17, 15) is 9.59 Å². The number of benzene rings is 2. The molecule has 0 spiro atoms. The van der Waals surface area contributed by atoms with Crippen LogP contribution in [0.3, 0.4) is 0 Å². The lowest BCUT2D eigenvalue weighted by molar-refractivity contribution is -0.134. The van der Waals surface area contributed by atoms with Crippen LogP contribution in [0.4, 0.5) is 0 Å². The highest BCUT2D eigenvalue weighted by molar-refractivity contribution is 5.89. The van der Waals surface area contributed by atoms with Crippen molar-refractivity contribution in [2.24, 2.45) is 0 Å². The third-order valence-electron chi connectivity index (χ3n) is 5.86. The molecule has 2 aromatic rings. The van der Waals surface area contributed by atoms with Crippen molar-refractivity contribution in [2.45, 2.75) is 45.1 Å². The van der Waals surface area contributed by atoms with Gasteiger partial charge in [-0.05, 0) is 42.0 Å². The largest absolute Gasteiger partial charge is 0.488 e. The van der Waals surface area contributed by atoms with E-state index in [1.54, 1.807) is 0 Å². The van der Waals surface area contributed by atoms with Gasteiger partial charge in [-0.25, -0.2) is 9.59 Å². The first-order valence-electron chi connectivity index (χ1n) is 11.8. The molecule has 3 N–H and O–H groups in total. The van der Waals surface area contributed by atoms with E-state index < -0.39 is 11.9 Å². The molecule has 0 aromatic heterocycles. The van der Waals surface area contributed by atoms with Crippen LogP contribution < -0.4 is 14.8 Å². The van der Waals surface area contributed by atoms with Crippen molar-refractivity contribution in [3.05, 3.63) is 77.4 Å². The number of nitrogens with one attached hydrogen (secondary N) is 1. The summed E-state index contributed by atoms with van der Waals surface area (Å²) >= 11 is 0. The Kier molecular flexibility index (Phi) is 9.09. The molecule has 0 radical (unpaired) electrons. The molecule has 1 aliphatic carbocycles. The van der Waals surface area contributed by atoms with Crippen molar-refractivity contribution >= 4 is 17.5 Å². The van der Waals surface area contributed by atoms with Crippen LogP contribution in [-0.2, 0) is 21.5 Å². The highest BCUT2D eigenvalue weighted by Crippen LogP contribution is 2.44. The smallest absolute Gasteiger partial charge is 0.328 e. The van der Waals surface area contributed by atoms with Crippen molar-refractivity contribution in [2.75, 3.05) is 19.8 Å². The average molecular weight is 480 g/mol. The Bertz CT molecular complexity index is 1090. The number of fused-ring (bicyclic) bond motifs is 1. The van der Waals surface area contributed by atoms with Gasteiger partial charge in [0, 0.05) is 36.2 Å². The number of ether oxygens (including phenoxy) is 2. The molecule has 1 aliphatic heterocycles. The normalized spacial score (nSPS) is 15.5. The summed E-state index contributed by atoms with van der Waals surface area (Å²) in [5.41, 5.74) is 5.51. The van der Waals surface area contributed by atoms with Crippen molar-refractivity contribution in [1.82, 2.24) is 5.32 Å². The zero-order valence-corrected chi connectivity index (χ0v) is 20.3. The molecule has 35 heavy (non-hydrogen) atoms. The summed E-state index contributed by atoms with van der Waals surface area (Å²) < 4.78 is 11.9. The first-order valence-corrected chi connectivity index (χ1v) is 11.8. The highest BCUT2D eigenvalue weighted by atomic mass is 16.5. The predicted octanol–water partition coefficient (Wildman–Crippen LogP) is 4.80. The lowest BCUT2D eigenvalue weighted by Gasteiger charge is -2.15. The molecule has 0 unspecified atom stereocenters. The van der Waals surface area contributed by atoms with E-state index in [0.717, 1.165) is 24.6 Å². The predicted molar refractivity (Wildman–Crippen MR) is 135 cm³/mol. The summed E-state index contributed by atoms with van der Waals surface area (Å²) in [7, 11) is 0.